The molecule has 1 aromatic rings. The number of nitro groups is 1. The lowest BCUT2D eigenvalue weighted by atomic mass is 9.99. The topological polar surface area (TPSA) is 58.4 Å². The molecule has 0 aromatic heterocycles. The predicted octanol–water partition coefficient (Wildman–Crippen LogP) is 3.39. The summed E-state index contributed by atoms with van der Waals surface area (Å²) in [5, 5.41) is 14.5. The normalized spacial score (nSPS) is 17.1. The Kier molecular flexibility index (Phi) is 5.20. The molecule has 1 aliphatic heterocycles. The van der Waals surface area contributed by atoms with E-state index in [0.717, 1.165) is 25.6 Å². The number of benzene rings is 1. The van der Waals surface area contributed by atoms with Crippen molar-refractivity contribution in [1.82, 2.24) is 4.90 Å². The molecule has 5 nitrogen and oxygen atoms in total. The second-order valence-electron chi connectivity index (χ2n) is 5.37. The third kappa shape index (κ3) is 4.08. The van der Waals surface area contributed by atoms with Crippen molar-refractivity contribution in [3.8, 4) is 0 Å². The molecule has 0 radical (unpaired) electrons. The van der Waals surface area contributed by atoms with Gasteiger partial charge >= 0.3 is 0 Å². The molecule has 0 saturated carbocycles. The van der Waals surface area contributed by atoms with Crippen molar-refractivity contribution in [3.63, 3.8) is 0 Å². The molecule has 1 N–H and O–H groups in total. The van der Waals surface area contributed by atoms with Crippen molar-refractivity contribution >= 4 is 23.0 Å². The van der Waals surface area contributed by atoms with Crippen molar-refractivity contribution in [2.45, 2.75) is 19.8 Å². The zero-order chi connectivity index (χ0) is 14.5. The first-order chi connectivity index (χ1) is 9.56. The first-order valence-electron chi connectivity index (χ1n) is 6.96. The predicted molar refractivity (Wildman–Crippen MR) is 81.4 cm³/mol. The van der Waals surface area contributed by atoms with Crippen LogP contribution in [0.3, 0.4) is 0 Å². The minimum absolute atomic E-state index is 0.0322. The van der Waals surface area contributed by atoms with E-state index in [2.05, 4.69) is 17.1 Å². The molecule has 20 heavy (non-hydrogen) atoms. The highest BCUT2D eigenvalue weighted by Gasteiger charge is 2.16. The van der Waals surface area contributed by atoms with E-state index in [-0.39, 0.29) is 5.69 Å². The van der Waals surface area contributed by atoms with E-state index >= 15 is 0 Å². The van der Waals surface area contributed by atoms with Crippen LogP contribution in [0.4, 0.5) is 11.4 Å². The first kappa shape index (κ1) is 15.1. The van der Waals surface area contributed by atoms with Crippen LogP contribution in [0.25, 0.3) is 0 Å². The van der Waals surface area contributed by atoms with Gasteiger partial charge in [-0.3, -0.25) is 10.1 Å². The number of hydrogen-bond acceptors (Lipinski definition) is 4. The second kappa shape index (κ2) is 6.90. The number of likely N-dealkylation sites (tertiary alicyclic amines) is 1. The van der Waals surface area contributed by atoms with Crippen LogP contribution in [0.1, 0.15) is 19.8 Å². The van der Waals surface area contributed by atoms with Gasteiger partial charge in [0.15, 0.2) is 0 Å². The Hall–Kier alpha value is -1.33. The van der Waals surface area contributed by atoms with E-state index < -0.39 is 4.92 Å². The van der Waals surface area contributed by atoms with Gasteiger partial charge in [0.05, 0.1) is 4.92 Å². The minimum Gasteiger partial charge on any atom is -0.378 e. The van der Waals surface area contributed by atoms with Gasteiger partial charge < -0.3 is 10.2 Å². The van der Waals surface area contributed by atoms with Crippen molar-refractivity contribution in [2.75, 3.05) is 31.5 Å². The van der Waals surface area contributed by atoms with Gasteiger partial charge in [0, 0.05) is 24.2 Å². The summed E-state index contributed by atoms with van der Waals surface area (Å²) in [6, 6.07) is 4.71. The van der Waals surface area contributed by atoms with E-state index in [9.17, 15) is 10.1 Å². The molecule has 1 fully saturated rings. The number of nitro benzene ring substituents is 1. The van der Waals surface area contributed by atoms with Crippen LogP contribution < -0.4 is 5.32 Å². The Morgan fingerprint density at radius 1 is 1.45 bits per heavy atom. The maximum absolute atomic E-state index is 11.0. The average Bonchev–Trinajstić information content (AvgIpc) is 2.42. The number of halogens is 1. The summed E-state index contributed by atoms with van der Waals surface area (Å²) in [6.45, 7) is 6.13. The zero-order valence-corrected chi connectivity index (χ0v) is 12.4. The Labute approximate surface area is 124 Å². The molecule has 0 unspecified atom stereocenters. The molecule has 110 valence electrons. The summed E-state index contributed by atoms with van der Waals surface area (Å²) in [6.07, 6.45) is 2.47. The highest BCUT2D eigenvalue weighted by molar-refractivity contribution is 6.30. The third-order valence-electron chi connectivity index (χ3n) is 3.78. The Morgan fingerprint density at radius 3 is 2.80 bits per heavy atom. The van der Waals surface area contributed by atoms with E-state index in [1.165, 1.54) is 18.9 Å². The summed E-state index contributed by atoms with van der Waals surface area (Å²) < 4.78 is 0. The maximum atomic E-state index is 11.0. The lowest BCUT2D eigenvalue weighted by molar-refractivity contribution is -0.383. The highest BCUT2D eigenvalue weighted by Crippen LogP contribution is 2.27. The quantitative estimate of drug-likeness (QED) is 0.668. The second-order valence-corrected chi connectivity index (χ2v) is 5.81. The fourth-order valence-corrected chi connectivity index (χ4v) is 2.61. The summed E-state index contributed by atoms with van der Waals surface area (Å²) in [5.74, 6) is 0.816. The van der Waals surface area contributed by atoms with Gasteiger partial charge in [0.2, 0.25) is 0 Å². The third-order valence-corrected chi connectivity index (χ3v) is 4.01. The number of piperidine rings is 1. The van der Waals surface area contributed by atoms with Crippen LogP contribution in [0, 0.1) is 16.0 Å². The number of anilines is 1. The molecule has 1 heterocycles. The van der Waals surface area contributed by atoms with Crippen molar-refractivity contribution in [3.05, 3.63) is 33.3 Å². The molecule has 0 bridgehead atoms. The molecule has 0 spiro atoms. The standard InChI is InChI=1S/C14H20ClN3O2/c1-11-4-7-17(8-5-11)9-6-16-13-3-2-12(15)10-14(13)18(19)20/h2-3,10-11,16H,4-9H2,1H3. The highest BCUT2D eigenvalue weighted by atomic mass is 35.5. The van der Waals surface area contributed by atoms with E-state index in [0.29, 0.717) is 17.3 Å². The molecule has 0 aliphatic carbocycles. The molecule has 0 amide bonds. The van der Waals surface area contributed by atoms with Gasteiger partial charge in [-0.1, -0.05) is 18.5 Å². The van der Waals surface area contributed by atoms with Crippen LogP contribution in [-0.2, 0) is 0 Å². The first-order valence-corrected chi connectivity index (χ1v) is 7.34. The Balaban J connectivity index is 1.86. The van der Waals surface area contributed by atoms with Crippen molar-refractivity contribution in [1.29, 1.82) is 0 Å². The largest absolute Gasteiger partial charge is 0.378 e. The van der Waals surface area contributed by atoms with Gasteiger partial charge in [-0.25, -0.2) is 0 Å². The van der Waals surface area contributed by atoms with E-state index in [1.807, 2.05) is 0 Å². The summed E-state index contributed by atoms with van der Waals surface area (Å²) in [7, 11) is 0. The van der Waals surface area contributed by atoms with Crippen LogP contribution in [0.15, 0.2) is 18.2 Å². The molecule has 2 rings (SSSR count). The summed E-state index contributed by atoms with van der Waals surface area (Å²) in [4.78, 5) is 13.0. The van der Waals surface area contributed by atoms with Crippen LogP contribution in [-0.4, -0.2) is 36.0 Å². The smallest absolute Gasteiger partial charge is 0.293 e. The van der Waals surface area contributed by atoms with Gasteiger partial charge in [0.1, 0.15) is 5.69 Å². The fraction of sp³-hybridized carbons (Fsp3) is 0.571. The van der Waals surface area contributed by atoms with E-state index in [1.54, 1.807) is 12.1 Å². The molecular weight excluding hydrogens is 278 g/mol. The van der Waals surface area contributed by atoms with Crippen molar-refractivity contribution < 1.29 is 4.92 Å². The lowest BCUT2D eigenvalue weighted by Crippen LogP contribution is -2.36. The SMILES string of the molecule is CC1CCN(CCNc2ccc(Cl)cc2[N+](=O)[O-])CC1. The summed E-state index contributed by atoms with van der Waals surface area (Å²) >= 11 is 5.79. The van der Waals surface area contributed by atoms with Gasteiger partial charge in [-0.15, -0.1) is 0 Å². The molecule has 1 saturated heterocycles. The molecule has 1 aliphatic rings. The van der Waals surface area contributed by atoms with Crippen molar-refractivity contribution in [2.24, 2.45) is 5.92 Å². The van der Waals surface area contributed by atoms with Gasteiger partial charge in [-0.05, 0) is 44.0 Å². The Bertz CT molecular complexity index is 473. The monoisotopic (exact) mass is 297 g/mol. The zero-order valence-electron chi connectivity index (χ0n) is 11.6. The summed E-state index contributed by atoms with van der Waals surface area (Å²) in [5.41, 5.74) is 0.564. The van der Waals surface area contributed by atoms with Crippen LogP contribution >= 0.6 is 11.6 Å². The number of nitrogens with zero attached hydrogens (tertiary/aromatic N) is 2. The Morgan fingerprint density at radius 2 is 2.15 bits per heavy atom. The minimum atomic E-state index is -0.406. The van der Waals surface area contributed by atoms with Gasteiger partial charge in [-0.2, -0.15) is 0 Å². The maximum Gasteiger partial charge on any atom is 0.293 e. The van der Waals surface area contributed by atoms with Gasteiger partial charge in [0.25, 0.3) is 5.69 Å². The molecular formula is C14H20ClN3O2. The average molecular weight is 298 g/mol. The van der Waals surface area contributed by atoms with Crippen LogP contribution in [0.5, 0.6) is 0 Å². The number of hydrogen-bond donors (Lipinski definition) is 1. The van der Waals surface area contributed by atoms with Crippen LogP contribution in [0.2, 0.25) is 5.02 Å². The molecule has 1 aromatic carbocycles. The lowest BCUT2D eigenvalue weighted by Gasteiger charge is -2.30. The number of nitrogens with one attached hydrogen (secondary N) is 1. The number of rotatable bonds is 5. The molecule has 6 heteroatoms. The molecule has 0 atom stereocenters. The van der Waals surface area contributed by atoms with E-state index in [4.69, 9.17) is 11.6 Å². The fourth-order valence-electron chi connectivity index (χ4n) is 2.44.